The van der Waals surface area contributed by atoms with Gasteiger partial charge in [0.1, 0.15) is 11.6 Å². The fourth-order valence-electron chi connectivity index (χ4n) is 7.89. The van der Waals surface area contributed by atoms with E-state index in [0.29, 0.717) is 23.1 Å². The molecule has 6 rings (SSSR count). The Morgan fingerprint density at radius 3 is 2.57 bits per heavy atom. The van der Waals surface area contributed by atoms with Gasteiger partial charge in [-0.2, -0.15) is 0 Å². The van der Waals surface area contributed by atoms with E-state index in [1.54, 1.807) is 31.2 Å². The summed E-state index contributed by atoms with van der Waals surface area (Å²) in [7, 11) is 0. The van der Waals surface area contributed by atoms with Gasteiger partial charge in [-0.3, -0.25) is 28.9 Å². The number of phenolic OH excluding ortho intramolecular Hbond substituents is 1. The number of allylic oxidation sites excluding steroid dienone is 3. The average molecular weight is 621 g/mol. The predicted molar refractivity (Wildman–Crippen MR) is 157 cm³/mol. The van der Waals surface area contributed by atoms with Crippen LogP contribution in [-0.2, 0) is 30.4 Å². The van der Waals surface area contributed by atoms with Crippen LogP contribution in [0, 0.1) is 34.9 Å². The highest BCUT2D eigenvalue weighted by atomic mass is 35.5. The van der Waals surface area contributed by atoms with Crippen molar-refractivity contribution in [3.63, 3.8) is 0 Å². The topological polar surface area (TPSA) is 132 Å². The molecule has 44 heavy (non-hydrogen) atoms. The first kappa shape index (κ1) is 29.7. The second kappa shape index (κ2) is 10.7. The summed E-state index contributed by atoms with van der Waals surface area (Å²) in [6, 6.07) is 8.77. The van der Waals surface area contributed by atoms with Crippen LogP contribution in [0.2, 0.25) is 5.02 Å². The van der Waals surface area contributed by atoms with Crippen molar-refractivity contribution in [2.24, 2.45) is 29.1 Å². The zero-order valence-corrected chi connectivity index (χ0v) is 24.6. The number of rotatable bonds is 7. The summed E-state index contributed by atoms with van der Waals surface area (Å²) in [5, 5.41) is 20.4. The highest BCUT2D eigenvalue weighted by molar-refractivity contribution is 6.31. The third-order valence-electron chi connectivity index (χ3n) is 9.90. The lowest BCUT2D eigenvalue weighted by molar-refractivity contribution is -0.142. The van der Waals surface area contributed by atoms with Gasteiger partial charge in [-0.1, -0.05) is 47.5 Å². The van der Waals surface area contributed by atoms with Gasteiger partial charge in [-0.05, 0) is 55.9 Å². The number of carbonyl (C=O) groups is 5. The largest absolute Gasteiger partial charge is 0.507 e. The average Bonchev–Trinajstić information content (AvgIpc) is 3.34. The van der Waals surface area contributed by atoms with E-state index in [4.69, 9.17) is 11.6 Å². The Kier molecular flexibility index (Phi) is 7.23. The molecule has 2 heterocycles. The van der Waals surface area contributed by atoms with E-state index in [9.17, 15) is 38.6 Å². The van der Waals surface area contributed by atoms with Crippen molar-refractivity contribution in [2.45, 2.75) is 38.5 Å². The molecule has 0 bridgehead atoms. The van der Waals surface area contributed by atoms with Crippen molar-refractivity contribution in [3.05, 3.63) is 82.7 Å². The molecule has 1 saturated carbocycles. The number of fused-ring (bicyclic) bond motifs is 4. The zero-order valence-electron chi connectivity index (χ0n) is 23.8. The van der Waals surface area contributed by atoms with Gasteiger partial charge in [0.25, 0.3) is 0 Å². The van der Waals surface area contributed by atoms with E-state index < -0.39 is 76.8 Å². The van der Waals surface area contributed by atoms with Gasteiger partial charge in [0.15, 0.2) is 0 Å². The Labute approximate surface area is 257 Å². The number of hydrogen-bond donors (Lipinski definition) is 2. The van der Waals surface area contributed by atoms with Gasteiger partial charge in [0.2, 0.25) is 23.6 Å². The first-order valence-corrected chi connectivity index (χ1v) is 14.8. The van der Waals surface area contributed by atoms with Gasteiger partial charge in [0, 0.05) is 18.0 Å². The number of anilines is 1. The molecule has 2 N–H and O–H groups in total. The summed E-state index contributed by atoms with van der Waals surface area (Å²) in [6.07, 6.45) is 3.70. The van der Waals surface area contributed by atoms with E-state index in [-0.39, 0.29) is 35.8 Å². The minimum Gasteiger partial charge on any atom is -0.507 e. The lowest BCUT2D eigenvalue weighted by atomic mass is 9.51. The van der Waals surface area contributed by atoms with E-state index >= 15 is 0 Å². The summed E-state index contributed by atoms with van der Waals surface area (Å²) in [4.78, 5) is 69.0. The van der Waals surface area contributed by atoms with Gasteiger partial charge in [0.05, 0.1) is 40.3 Å². The fraction of sp³-hybridized carbons (Fsp3) is 0.364. The number of carboxylic acids is 1. The van der Waals surface area contributed by atoms with Crippen LogP contribution in [-0.4, -0.2) is 51.3 Å². The normalized spacial score (nSPS) is 29.3. The Morgan fingerprint density at radius 2 is 1.89 bits per heavy atom. The van der Waals surface area contributed by atoms with Gasteiger partial charge in [-0.25, -0.2) is 9.29 Å². The summed E-state index contributed by atoms with van der Waals surface area (Å²) in [5.74, 6) is -7.95. The zero-order chi connectivity index (χ0) is 31.7. The van der Waals surface area contributed by atoms with Crippen LogP contribution < -0.4 is 4.90 Å². The number of amides is 4. The molecule has 9 nitrogen and oxygen atoms in total. The van der Waals surface area contributed by atoms with E-state index in [1.807, 2.05) is 6.08 Å². The lowest BCUT2D eigenvalue weighted by Gasteiger charge is -2.49. The molecular weight excluding hydrogens is 591 g/mol. The molecule has 2 aromatic carbocycles. The Morgan fingerprint density at radius 1 is 1.14 bits per heavy atom. The van der Waals surface area contributed by atoms with Crippen molar-refractivity contribution in [1.29, 1.82) is 0 Å². The van der Waals surface area contributed by atoms with Crippen LogP contribution in [0.1, 0.15) is 43.2 Å². The number of phenols is 1. The molecule has 6 atom stereocenters. The number of likely N-dealkylation sites (tertiary alicyclic amines) is 1. The van der Waals surface area contributed by atoms with Crippen LogP contribution in [0.25, 0.3) is 0 Å². The fourth-order valence-corrected chi connectivity index (χ4v) is 8.06. The van der Waals surface area contributed by atoms with E-state index in [1.165, 1.54) is 12.1 Å². The quantitative estimate of drug-likeness (QED) is 0.341. The maximum atomic E-state index is 14.5. The molecule has 2 aliphatic carbocycles. The third kappa shape index (κ3) is 4.22. The minimum absolute atomic E-state index is 0.0542. The number of imide groups is 2. The molecule has 4 aliphatic rings. The molecule has 0 unspecified atom stereocenters. The van der Waals surface area contributed by atoms with Crippen LogP contribution >= 0.6 is 11.6 Å². The predicted octanol–water partition coefficient (Wildman–Crippen LogP) is 4.62. The van der Waals surface area contributed by atoms with Gasteiger partial charge >= 0.3 is 5.97 Å². The molecule has 11 heteroatoms. The lowest BCUT2D eigenvalue weighted by Crippen LogP contribution is -2.49. The number of carboxylic acid groups (broad SMARTS) is 1. The smallest absolute Gasteiger partial charge is 0.305 e. The second-order valence-electron chi connectivity index (χ2n) is 12.1. The maximum Gasteiger partial charge on any atom is 0.305 e. The Balaban J connectivity index is 1.51. The number of nitrogens with zero attached hydrogens (tertiary/aromatic N) is 2. The molecule has 2 aliphatic heterocycles. The van der Waals surface area contributed by atoms with E-state index in [2.05, 4.69) is 6.58 Å². The van der Waals surface area contributed by atoms with Crippen molar-refractivity contribution in [2.75, 3.05) is 11.4 Å². The van der Waals surface area contributed by atoms with Crippen LogP contribution in [0.3, 0.4) is 0 Å². The van der Waals surface area contributed by atoms with Gasteiger partial charge < -0.3 is 10.2 Å². The van der Waals surface area contributed by atoms with E-state index in [0.717, 1.165) is 15.9 Å². The first-order valence-electron chi connectivity index (χ1n) is 14.4. The highest BCUT2D eigenvalue weighted by Gasteiger charge is 2.68. The number of carbonyl (C=O) groups excluding carboxylic acids is 4. The maximum absolute atomic E-state index is 14.5. The van der Waals surface area contributed by atoms with Crippen LogP contribution in [0.5, 0.6) is 5.75 Å². The van der Waals surface area contributed by atoms with Crippen molar-refractivity contribution < 1.29 is 38.6 Å². The molecule has 228 valence electrons. The van der Waals surface area contributed by atoms with Crippen LogP contribution in [0.4, 0.5) is 10.1 Å². The van der Waals surface area contributed by atoms with Gasteiger partial charge in [-0.15, -0.1) is 6.58 Å². The number of benzene rings is 2. The Bertz CT molecular complexity index is 1690. The summed E-state index contributed by atoms with van der Waals surface area (Å²) in [6.45, 7) is 5.18. The standard InChI is InChI=1S/C33H30ClFN2O7/c1-3-5-16-6-4-7-20(28(16)40)27-18-9-10-19-26(31(43)36(29(19)41)13-12-25(38)39)21(18)15-22-30(42)37(32(44)33(22,27)2)17-8-11-24(35)23(34)14-17/h3-4,6-9,11,14,19,21-22,26-27,40H,1,5,10,12-13,15H2,2H3,(H,38,39)/t19-,21+,22-,26-,27+,33+/m0/s1. The molecule has 0 radical (unpaired) electrons. The summed E-state index contributed by atoms with van der Waals surface area (Å²) in [5.41, 5.74) is 0.349. The minimum atomic E-state index is -1.41. The Hall–Kier alpha value is -4.31. The number of para-hydroxylation sites is 1. The number of aromatic hydroxyl groups is 1. The molecule has 4 amide bonds. The molecule has 0 aromatic heterocycles. The molecular formula is C33H30ClFN2O7. The highest BCUT2D eigenvalue weighted by Crippen LogP contribution is 2.64. The molecule has 2 aromatic rings. The van der Waals surface area contributed by atoms with Crippen LogP contribution in [0.15, 0.2) is 60.7 Å². The SMILES string of the molecule is C=CCc1cccc([C@H]2C3=CC[C@@H]4C(=O)N(CCC(=O)O)C(=O)[C@@H]4[C@@H]3C[C@H]3C(=O)N(c4ccc(F)c(Cl)c4)C(=O)[C@@]23C)c1O. The molecule has 2 saturated heterocycles. The summed E-state index contributed by atoms with van der Waals surface area (Å²) < 4.78 is 14.0. The first-order chi connectivity index (χ1) is 20.9. The number of hydrogen-bond acceptors (Lipinski definition) is 6. The number of aliphatic carboxylic acids is 1. The molecule has 3 fully saturated rings. The van der Waals surface area contributed by atoms with Crippen molar-refractivity contribution in [3.8, 4) is 5.75 Å². The van der Waals surface area contributed by atoms with Crippen molar-refractivity contribution in [1.82, 2.24) is 4.90 Å². The second-order valence-corrected chi connectivity index (χ2v) is 12.5. The van der Waals surface area contributed by atoms with Crippen molar-refractivity contribution >= 4 is 46.9 Å². The molecule has 0 spiro atoms. The summed E-state index contributed by atoms with van der Waals surface area (Å²) >= 11 is 6.03. The third-order valence-corrected chi connectivity index (χ3v) is 10.2. The number of halogens is 2. The monoisotopic (exact) mass is 620 g/mol.